The molecular formula is C25H27NO4. The van der Waals surface area contributed by atoms with Gasteiger partial charge in [0.1, 0.15) is 5.75 Å². The molecular weight excluding hydrogens is 378 g/mol. The first-order valence-electron chi connectivity index (χ1n) is 10.1. The number of hydrogen-bond donors (Lipinski definition) is 0. The first kappa shape index (κ1) is 21.4. The van der Waals surface area contributed by atoms with Gasteiger partial charge in [-0.25, -0.2) is 4.79 Å². The molecule has 0 saturated carbocycles. The minimum absolute atomic E-state index is 0.0689. The van der Waals surface area contributed by atoms with Crippen molar-refractivity contribution in [2.45, 2.75) is 32.7 Å². The summed E-state index contributed by atoms with van der Waals surface area (Å²) in [5.41, 5.74) is 4.19. The van der Waals surface area contributed by atoms with Crippen LogP contribution >= 0.6 is 0 Å². The maximum Gasteiger partial charge on any atom is 0.338 e. The molecule has 3 rings (SSSR count). The molecule has 30 heavy (non-hydrogen) atoms. The van der Waals surface area contributed by atoms with Crippen molar-refractivity contribution in [3.8, 4) is 16.9 Å². The lowest BCUT2D eigenvalue weighted by molar-refractivity contribution is 0.0601. The van der Waals surface area contributed by atoms with Gasteiger partial charge in [-0.05, 0) is 41.7 Å². The lowest BCUT2D eigenvalue weighted by Gasteiger charge is -2.15. The van der Waals surface area contributed by atoms with E-state index in [1.54, 1.807) is 17.7 Å². The zero-order valence-electron chi connectivity index (χ0n) is 17.7. The Morgan fingerprint density at radius 1 is 1.00 bits per heavy atom. The van der Waals surface area contributed by atoms with Crippen LogP contribution in [-0.4, -0.2) is 24.8 Å². The van der Waals surface area contributed by atoms with Crippen LogP contribution < -0.4 is 10.3 Å². The average molecular weight is 405 g/mol. The maximum absolute atomic E-state index is 12.7. The number of rotatable bonds is 8. The van der Waals surface area contributed by atoms with Crippen molar-refractivity contribution < 1.29 is 14.3 Å². The van der Waals surface area contributed by atoms with Crippen LogP contribution in [0.5, 0.6) is 5.75 Å². The minimum Gasteiger partial charge on any atom is -0.496 e. The van der Waals surface area contributed by atoms with E-state index in [-0.39, 0.29) is 11.5 Å². The highest BCUT2D eigenvalue weighted by Crippen LogP contribution is 2.25. The Labute approximate surface area is 176 Å². The Balaban J connectivity index is 1.90. The Kier molecular flexibility index (Phi) is 7.07. The zero-order valence-corrected chi connectivity index (χ0v) is 17.7. The molecule has 1 aromatic heterocycles. The van der Waals surface area contributed by atoms with Crippen molar-refractivity contribution in [2.24, 2.45) is 0 Å². The summed E-state index contributed by atoms with van der Waals surface area (Å²) in [7, 11) is 2.96. The molecule has 0 N–H and O–H groups in total. The Hall–Kier alpha value is -3.34. The molecule has 5 nitrogen and oxygen atoms in total. The minimum atomic E-state index is -0.361. The van der Waals surface area contributed by atoms with E-state index >= 15 is 0 Å². The number of benzene rings is 2. The van der Waals surface area contributed by atoms with Gasteiger partial charge in [0.15, 0.2) is 0 Å². The van der Waals surface area contributed by atoms with Crippen molar-refractivity contribution in [1.29, 1.82) is 0 Å². The van der Waals surface area contributed by atoms with Gasteiger partial charge in [0.05, 0.1) is 26.3 Å². The highest BCUT2D eigenvalue weighted by molar-refractivity contribution is 5.97. The van der Waals surface area contributed by atoms with Crippen LogP contribution in [0.25, 0.3) is 11.1 Å². The molecule has 0 unspecified atom stereocenters. The van der Waals surface area contributed by atoms with Gasteiger partial charge in [-0.3, -0.25) is 4.79 Å². The number of aryl methyl sites for hydroxylation is 1. The lowest BCUT2D eigenvalue weighted by Crippen LogP contribution is -2.23. The fourth-order valence-electron chi connectivity index (χ4n) is 3.48. The van der Waals surface area contributed by atoms with Crippen molar-refractivity contribution >= 4 is 5.97 Å². The molecule has 5 heteroatoms. The quantitative estimate of drug-likeness (QED) is 0.510. The fraction of sp³-hybridized carbons (Fsp3) is 0.280. The predicted octanol–water partition coefficient (Wildman–Crippen LogP) is 4.70. The molecule has 2 aromatic carbocycles. The third kappa shape index (κ3) is 4.79. The lowest BCUT2D eigenvalue weighted by atomic mass is 9.98. The van der Waals surface area contributed by atoms with E-state index in [9.17, 15) is 9.59 Å². The molecule has 0 saturated heterocycles. The van der Waals surface area contributed by atoms with Crippen molar-refractivity contribution in [1.82, 2.24) is 4.57 Å². The van der Waals surface area contributed by atoms with Crippen molar-refractivity contribution in [3.05, 3.63) is 87.8 Å². The second-order valence-electron chi connectivity index (χ2n) is 7.15. The maximum atomic E-state index is 12.7. The van der Waals surface area contributed by atoms with Crippen LogP contribution in [0.1, 0.15) is 41.4 Å². The molecule has 0 bridgehead atoms. The standard InChI is InChI=1S/C25H27NO4/c1-4-5-8-20-15-21(29-2)16-24(27)26(20)17-18-11-13-19(14-12-18)22-9-6-7-10-23(22)25(28)30-3/h6-7,9-16H,4-5,8,17H2,1-3H3. The number of ether oxygens (including phenoxy) is 2. The molecule has 1 heterocycles. The van der Waals surface area contributed by atoms with Crippen molar-refractivity contribution in [3.63, 3.8) is 0 Å². The highest BCUT2D eigenvalue weighted by Gasteiger charge is 2.13. The van der Waals surface area contributed by atoms with Gasteiger partial charge in [0.2, 0.25) is 0 Å². The highest BCUT2D eigenvalue weighted by atomic mass is 16.5. The van der Waals surface area contributed by atoms with E-state index in [2.05, 4.69) is 6.92 Å². The monoisotopic (exact) mass is 405 g/mol. The molecule has 156 valence electrons. The number of hydrogen-bond acceptors (Lipinski definition) is 4. The number of methoxy groups -OCH3 is 2. The number of esters is 1. The molecule has 0 fully saturated rings. The van der Waals surface area contributed by atoms with E-state index in [4.69, 9.17) is 9.47 Å². The molecule has 0 aliphatic rings. The van der Waals surface area contributed by atoms with Gasteiger partial charge in [0.25, 0.3) is 5.56 Å². The molecule has 0 aliphatic carbocycles. The Morgan fingerprint density at radius 3 is 2.40 bits per heavy atom. The van der Waals surface area contributed by atoms with Crippen LogP contribution in [-0.2, 0) is 17.7 Å². The van der Waals surface area contributed by atoms with Gasteiger partial charge < -0.3 is 14.0 Å². The molecule has 3 aromatic rings. The summed E-state index contributed by atoms with van der Waals surface area (Å²) in [5, 5.41) is 0. The Bertz CT molecular complexity index is 1070. The van der Waals surface area contributed by atoms with Crippen LogP contribution in [0.4, 0.5) is 0 Å². The second kappa shape index (κ2) is 9.92. The molecule has 0 spiro atoms. The number of aromatic nitrogens is 1. The molecule has 0 amide bonds. The van der Waals surface area contributed by atoms with Gasteiger partial charge in [0, 0.05) is 11.8 Å². The van der Waals surface area contributed by atoms with Crippen LogP contribution in [0.3, 0.4) is 0 Å². The number of unbranched alkanes of at least 4 members (excludes halogenated alkanes) is 1. The van der Waals surface area contributed by atoms with E-state index in [1.807, 2.05) is 48.5 Å². The van der Waals surface area contributed by atoms with E-state index < -0.39 is 0 Å². The molecule has 0 atom stereocenters. The van der Waals surface area contributed by atoms with Crippen LogP contribution in [0.15, 0.2) is 65.5 Å². The summed E-state index contributed by atoms with van der Waals surface area (Å²) >= 11 is 0. The van der Waals surface area contributed by atoms with E-state index in [0.29, 0.717) is 17.9 Å². The summed E-state index contributed by atoms with van der Waals surface area (Å²) in [4.78, 5) is 24.7. The Morgan fingerprint density at radius 2 is 1.73 bits per heavy atom. The fourth-order valence-corrected chi connectivity index (χ4v) is 3.48. The normalized spacial score (nSPS) is 10.6. The summed E-state index contributed by atoms with van der Waals surface area (Å²) in [5.74, 6) is 0.233. The number of nitrogens with zero attached hydrogens (tertiary/aromatic N) is 1. The smallest absolute Gasteiger partial charge is 0.338 e. The zero-order chi connectivity index (χ0) is 21.5. The van der Waals surface area contributed by atoms with Crippen LogP contribution in [0.2, 0.25) is 0 Å². The SMILES string of the molecule is CCCCc1cc(OC)cc(=O)n1Cc1ccc(-c2ccccc2C(=O)OC)cc1. The average Bonchev–Trinajstić information content (AvgIpc) is 2.79. The molecule has 0 aliphatic heterocycles. The summed E-state index contributed by atoms with van der Waals surface area (Å²) in [6.45, 7) is 2.62. The summed E-state index contributed by atoms with van der Waals surface area (Å²) in [6.07, 6.45) is 2.89. The number of pyridine rings is 1. The predicted molar refractivity (Wildman–Crippen MR) is 118 cm³/mol. The van der Waals surface area contributed by atoms with E-state index in [0.717, 1.165) is 41.6 Å². The van der Waals surface area contributed by atoms with Crippen LogP contribution in [0, 0.1) is 0 Å². The van der Waals surface area contributed by atoms with E-state index in [1.165, 1.54) is 13.2 Å². The molecule has 0 radical (unpaired) electrons. The van der Waals surface area contributed by atoms with Gasteiger partial charge >= 0.3 is 5.97 Å². The van der Waals surface area contributed by atoms with Crippen molar-refractivity contribution in [2.75, 3.05) is 14.2 Å². The van der Waals surface area contributed by atoms with Gasteiger partial charge in [-0.1, -0.05) is 55.8 Å². The summed E-state index contributed by atoms with van der Waals surface area (Å²) < 4.78 is 12.0. The first-order chi connectivity index (χ1) is 14.6. The van der Waals surface area contributed by atoms with Gasteiger partial charge in [-0.15, -0.1) is 0 Å². The third-order valence-corrected chi connectivity index (χ3v) is 5.15. The number of carbonyl (C=O) groups excluding carboxylic acids is 1. The van der Waals surface area contributed by atoms with Gasteiger partial charge in [-0.2, -0.15) is 0 Å². The third-order valence-electron chi connectivity index (χ3n) is 5.15. The number of carbonyl (C=O) groups is 1. The summed E-state index contributed by atoms with van der Waals surface area (Å²) in [6, 6.07) is 18.8. The second-order valence-corrected chi connectivity index (χ2v) is 7.15. The first-order valence-corrected chi connectivity index (χ1v) is 10.1. The largest absolute Gasteiger partial charge is 0.496 e. The topological polar surface area (TPSA) is 57.5 Å².